The van der Waals surface area contributed by atoms with Crippen LogP contribution in [0.1, 0.15) is 83.5 Å². The lowest BCUT2D eigenvalue weighted by molar-refractivity contribution is 0.107. The van der Waals surface area contributed by atoms with E-state index in [1.807, 2.05) is 0 Å². The second-order valence-electron chi connectivity index (χ2n) is 7.13. The minimum Gasteiger partial charge on any atom is -0.255 e. The largest absolute Gasteiger partial charge is 0.255 e. The molecule has 24 heavy (non-hydrogen) atoms. The van der Waals surface area contributed by atoms with E-state index < -0.39 is 0 Å². The van der Waals surface area contributed by atoms with Crippen LogP contribution in [0.5, 0.6) is 0 Å². The van der Waals surface area contributed by atoms with Gasteiger partial charge in [0, 0.05) is 31.5 Å². The molecule has 2 heterocycles. The highest BCUT2D eigenvalue weighted by Gasteiger charge is 2.18. The molecule has 1 aliphatic carbocycles. The summed E-state index contributed by atoms with van der Waals surface area (Å²) in [5, 5.41) is 2.62. The van der Waals surface area contributed by atoms with Crippen molar-refractivity contribution >= 4 is 0 Å². The molecule has 1 aliphatic heterocycles. The summed E-state index contributed by atoms with van der Waals surface area (Å²) in [6, 6.07) is 2.60. The highest BCUT2D eigenvalue weighted by molar-refractivity contribution is 4.74. The first kappa shape index (κ1) is 19.3. The van der Waals surface area contributed by atoms with Crippen LogP contribution in [0.15, 0.2) is 24.8 Å². The summed E-state index contributed by atoms with van der Waals surface area (Å²) in [5.41, 5.74) is 3.73. The topological polar surface area (TPSA) is 41.0 Å². The van der Waals surface area contributed by atoms with Gasteiger partial charge in [0.1, 0.15) is 6.33 Å². The summed E-state index contributed by atoms with van der Waals surface area (Å²) in [7, 11) is 0. The Hall–Kier alpha value is -1.00. The maximum absolute atomic E-state index is 3.73. The van der Waals surface area contributed by atoms with Gasteiger partial charge in [-0.1, -0.05) is 57.8 Å². The molecule has 0 amide bonds. The van der Waals surface area contributed by atoms with E-state index in [1.165, 1.54) is 103 Å². The van der Waals surface area contributed by atoms with Crippen LogP contribution in [-0.2, 0) is 0 Å². The molecule has 136 valence electrons. The lowest BCUT2D eigenvalue weighted by atomic mass is 10.0. The van der Waals surface area contributed by atoms with Crippen molar-refractivity contribution in [3.8, 4) is 0 Å². The third kappa shape index (κ3) is 8.74. The summed E-state index contributed by atoms with van der Waals surface area (Å²) >= 11 is 0. The second kappa shape index (κ2) is 13.3. The fourth-order valence-electron chi connectivity index (χ4n) is 3.73. The Bertz CT molecular complexity index is 316. The monoisotopic (exact) mass is 332 g/mol. The van der Waals surface area contributed by atoms with E-state index in [0.717, 1.165) is 6.04 Å². The van der Waals surface area contributed by atoms with E-state index in [4.69, 9.17) is 0 Å². The van der Waals surface area contributed by atoms with Gasteiger partial charge in [0.25, 0.3) is 0 Å². The average Bonchev–Trinajstić information content (AvgIpc) is 2.86. The molecule has 0 atom stereocenters. The Morgan fingerprint density at radius 2 is 1.29 bits per heavy atom. The van der Waals surface area contributed by atoms with Gasteiger partial charge in [-0.3, -0.25) is 5.43 Å². The van der Waals surface area contributed by atoms with E-state index in [1.54, 1.807) is 18.5 Å². The van der Waals surface area contributed by atoms with Crippen molar-refractivity contribution in [1.29, 1.82) is 0 Å². The first-order valence-electron chi connectivity index (χ1n) is 10.2. The minimum absolute atomic E-state index is 0.821. The molecule has 1 aromatic heterocycles. The zero-order valence-electron chi connectivity index (χ0n) is 15.3. The molecular formula is C20H36N4. The van der Waals surface area contributed by atoms with Crippen molar-refractivity contribution in [3.63, 3.8) is 0 Å². The molecule has 4 heteroatoms. The van der Waals surface area contributed by atoms with Crippen LogP contribution in [0.2, 0.25) is 0 Å². The van der Waals surface area contributed by atoms with E-state index in [-0.39, 0.29) is 0 Å². The number of hydrogen-bond acceptors (Lipinski definition) is 4. The van der Waals surface area contributed by atoms with Crippen molar-refractivity contribution in [2.75, 3.05) is 13.1 Å². The molecule has 4 nitrogen and oxygen atoms in total. The summed E-state index contributed by atoms with van der Waals surface area (Å²) in [5.74, 6) is 0. The highest BCUT2D eigenvalue weighted by Crippen LogP contribution is 2.21. The molecule has 0 unspecified atom stereocenters. The predicted molar refractivity (Wildman–Crippen MR) is 101 cm³/mol. The number of hydrogen-bond donors (Lipinski definition) is 1. The van der Waals surface area contributed by atoms with Gasteiger partial charge < -0.3 is 0 Å². The normalized spacial score (nSPS) is 22.5. The average molecular weight is 333 g/mol. The van der Waals surface area contributed by atoms with Crippen molar-refractivity contribution in [2.24, 2.45) is 0 Å². The molecule has 1 saturated heterocycles. The molecule has 0 spiro atoms. The van der Waals surface area contributed by atoms with Crippen molar-refractivity contribution in [1.82, 2.24) is 20.4 Å². The van der Waals surface area contributed by atoms with Crippen LogP contribution < -0.4 is 5.43 Å². The van der Waals surface area contributed by atoms with Crippen LogP contribution in [0.25, 0.3) is 0 Å². The molecule has 3 rings (SSSR count). The van der Waals surface area contributed by atoms with Gasteiger partial charge in [0.15, 0.2) is 0 Å². The van der Waals surface area contributed by atoms with Crippen LogP contribution in [0.4, 0.5) is 0 Å². The number of rotatable bonds is 1. The van der Waals surface area contributed by atoms with Crippen molar-refractivity contribution < 1.29 is 0 Å². The van der Waals surface area contributed by atoms with Crippen LogP contribution >= 0.6 is 0 Å². The molecular weight excluding hydrogens is 296 g/mol. The lowest BCUT2D eigenvalue weighted by Crippen LogP contribution is -2.46. The van der Waals surface area contributed by atoms with E-state index in [2.05, 4.69) is 20.4 Å². The second-order valence-corrected chi connectivity index (χ2v) is 7.13. The third-order valence-corrected chi connectivity index (χ3v) is 5.13. The first-order valence-corrected chi connectivity index (χ1v) is 10.2. The Kier molecular flexibility index (Phi) is 10.7. The molecule has 2 aliphatic rings. The maximum Gasteiger partial charge on any atom is 0.115 e. The molecule has 1 saturated carbocycles. The Morgan fingerprint density at radius 3 is 1.88 bits per heavy atom. The molecule has 0 bridgehead atoms. The summed E-state index contributed by atoms with van der Waals surface area (Å²) in [6.07, 6.45) is 23.5. The van der Waals surface area contributed by atoms with Gasteiger partial charge in [-0.15, -0.1) is 0 Å². The molecule has 1 aromatic rings. The van der Waals surface area contributed by atoms with Gasteiger partial charge in [-0.25, -0.2) is 15.0 Å². The Balaban J connectivity index is 0.000000292. The standard InChI is InChI=1S/C16H32N2.C4H4N2/c1-2-5-9-13-16(12-8-4-1)18-15-11-7-3-6-10-14-17-18;1-2-5-4-6-3-1/h16-17H,1-15H2;1-4H. The smallest absolute Gasteiger partial charge is 0.115 e. The number of nitrogens with zero attached hydrogens (tertiary/aromatic N) is 3. The highest BCUT2D eigenvalue weighted by atomic mass is 15.5. The zero-order valence-corrected chi connectivity index (χ0v) is 15.3. The number of hydrazine groups is 1. The summed E-state index contributed by atoms with van der Waals surface area (Å²) < 4.78 is 0. The SMILES string of the molecule is C1CCCCC(N2CCCCCCCN2)CCC1.c1cncnc1. The fourth-order valence-corrected chi connectivity index (χ4v) is 3.73. The first-order chi connectivity index (χ1) is 12.0. The molecule has 0 radical (unpaired) electrons. The predicted octanol–water partition coefficient (Wildman–Crippen LogP) is 4.74. The van der Waals surface area contributed by atoms with Crippen LogP contribution in [0.3, 0.4) is 0 Å². The van der Waals surface area contributed by atoms with E-state index >= 15 is 0 Å². The van der Waals surface area contributed by atoms with E-state index in [9.17, 15) is 0 Å². The zero-order chi connectivity index (χ0) is 16.7. The maximum atomic E-state index is 3.73. The van der Waals surface area contributed by atoms with Crippen molar-refractivity contribution in [3.05, 3.63) is 24.8 Å². The summed E-state index contributed by atoms with van der Waals surface area (Å²) in [6.45, 7) is 2.49. The third-order valence-electron chi connectivity index (χ3n) is 5.13. The quantitative estimate of drug-likeness (QED) is 0.806. The van der Waals surface area contributed by atoms with E-state index in [0.29, 0.717) is 0 Å². The van der Waals surface area contributed by atoms with Crippen LogP contribution in [0, 0.1) is 0 Å². The minimum atomic E-state index is 0.821. The van der Waals surface area contributed by atoms with Gasteiger partial charge >= 0.3 is 0 Å². The van der Waals surface area contributed by atoms with Crippen molar-refractivity contribution in [2.45, 2.75) is 89.5 Å². The van der Waals surface area contributed by atoms with Gasteiger partial charge in [-0.05, 0) is 31.7 Å². The molecule has 0 aromatic carbocycles. The Labute approximate surface area is 148 Å². The fraction of sp³-hybridized carbons (Fsp3) is 0.800. The van der Waals surface area contributed by atoms with Gasteiger partial charge in [0.05, 0.1) is 0 Å². The molecule has 1 N–H and O–H groups in total. The summed E-state index contributed by atoms with van der Waals surface area (Å²) in [4.78, 5) is 7.35. The molecule has 2 fully saturated rings. The number of aromatic nitrogens is 2. The number of nitrogens with one attached hydrogen (secondary N) is 1. The lowest BCUT2D eigenvalue weighted by Gasteiger charge is -2.32. The van der Waals surface area contributed by atoms with Gasteiger partial charge in [-0.2, -0.15) is 0 Å². The Morgan fingerprint density at radius 1 is 0.708 bits per heavy atom. The van der Waals surface area contributed by atoms with Gasteiger partial charge in [0.2, 0.25) is 0 Å². The van der Waals surface area contributed by atoms with Crippen LogP contribution in [-0.4, -0.2) is 34.1 Å².